The molecule has 0 aromatic carbocycles. The number of ether oxygens (including phenoxy) is 1. The second-order valence-electron chi connectivity index (χ2n) is 4.45. The van der Waals surface area contributed by atoms with Crippen molar-refractivity contribution in [3.8, 4) is 0 Å². The van der Waals surface area contributed by atoms with Crippen LogP contribution in [0.3, 0.4) is 0 Å². The Hall–Kier alpha value is -0.120. The van der Waals surface area contributed by atoms with Crippen molar-refractivity contribution >= 4 is 0 Å². The van der Waals surface area contributed by atoms with Crippen LogP contribution in [-0.4, -0.2) is 49.8 Å². The molecule has 0 amide bonds. The van der Waals surface area contributed by atoms with Gasteiger partial charge in [-0.2, -0.15) is 0 Å². The lowest BCUT2D eigenvalue weighted by Crippen LogP contribution is -2.45. The zero-order valence-corrected chi connectivity index (χ0v) is 11.8. The number of hydrogen-bond donors (Lipinski definition) is 1. The van der Waals surface area contributed by atoms with Crippen molar-refractivity contribution in [2.75, 3.05) is 32.8 Å². The van der Waals surface area contributed by atoms with E-state index in [9.17, 15) is 0 Å². The Kier molecular flexibility index (Phi) is 9.99. The molecule has 0 spiro atoms. The van der Waals surface area contributed by atoms with Crippen molar-refractivity contribution in [3.63, 3.8) is 0 Å². The third kappa shape index (κ3) is 7.20. The monoisotopic (exact) mass is 230 g/mol. The first-order chi connectivity index (χ1) is 7.65. The molecular formula is C13H30N2O. The van der Waals surface area contributed by atoms with Crippen molar-refractivity contribution < 1.29 is 4.74 Å². The highest BCUT2D eigenvalue weighted by molar-refractivity contribution is 4.73. The minimum absolute atomic E-state index is 0.569. The summed E-state index contributed by atoms with van der Waals surface area (Å²) in [4.78, 5) is 2.50. The maximum Gasteiger partial charge on any atom is 0.0593 e. The standard InChI is InChI=1S/C13H30N2O/c1-6-13(11-14-12(4)5)15(7-2)9-10-16-8-3/h12-14H,6-11H2,1-5H3. The van der Waals surface area contributed by atoms with Gasteiger partial charge in [0.05, 0.1) is 6.61 Å². The normalized spacial score (nSPS) is 13.7. The third-order valence-corrected chi connectivity index (χ3v) is 2.88. The molecule has 1 unspecified atom stereocenters. The minimum Gasteiger partial charge on any atom is -0.380 e. The lowest BCUT2D eigenvalue weighted by atomic mass is 10.1. The highest BCUT2D eigenvalue weighted by atomic mass is 16.5. The molecule has 98 valence electrons. The third-order valence-electron chi connectivity index (χ3n) is 2.88. The Labute approximate surface area is 102 Å². The van der Waals surface area contributed by atoms with Crippen LogP contribution in [0.15, 0.2) is 0 Å². The van der Waals surface area contributed by atoms with E-state index in [2.05, 4.69) is 37.9 Å². The molecular weight excluding hydrogens is 200 g/mol. The molecule has 1 atom stereocenters. The highest BCUT2D eigenvalue weighted by Gasteiger charge is 2.14. The number of hydrogen-bond acceptors (Lipinski definition) is 3. The molecule has 0 heterocycles. The maximum atomic E-state index is 5.42. The van der Waals surface area contributed by atoms with E-state index < -0.39 is 0 Å². The van der Waals surface area contributed by atoms with Crippen LogP contribution in [0.1, 0.15) is 41.0 Å². The molecule has 0 fully saturated rings. The molecule has 0 saturated carbocycles. The van der Waals surface area contributed by atoms with Gasteiger partial charge in [0.1, 0.15) is 0 Å². The fourth-order valence-corrected chi connectivity index (χ4v) is 1.83. The van der Waals surface area contributed by atoms with Gasteiger partial charge in [0.15, 0.2) is 0 Å². The summed E-state index contributed by atoms with van der Waals surface area (Å²) in [7, 11) is 0. The van der Waals surface area contributed by atoms with Crippen LogP contribution in [0.25, 0.3) is 0 Å². The van der Waals surface area contributed by atoms with E-state index in [0.717, 1.165) is 32.8 Å². The Morgan fingerprint density at radius 3 is 2.31 bits per heavy atom. The van der Waals surface area contributed by atoms with Gasteiger partial charge in [0, 0.05) is 31.8 Å². The van der Waals surface area contributed by atoms with Crippen LogP contribution in [0.5, 0.6) is 0 Å². The smallest absolute Gasteiger partial charge is 0.0593 e. The predicted molar refractivity (Wildman–Crippen MR) is 71.0 cm³/mol. The van der Waals surface area contributed by atoms with E-state index in [1.54, 1.807) is 0 Å². The Morgan fingerprint density at radius 2 is 1.88 bits per heavy atom. The number of rotatable bonds is 10. The van der Waals surface area contributed by atoms with Crippen molar-refractivity contribution in [1.82, 2.24) is 10.2 Å². The summed E-state index contributed by atoms with van der Waals surface area (Å²) in [5.74, 6) is 0. The minimum atomic E-state index is 0.569. The predicted octanol–water partition coefficient (Wildman–Crippen LogP) is 2.12. The van der Waals surface area contributed by atoms with E-state index in [0.29, 0.717) is 12.1 Å². The van der Waals surface area contributed by atoms with E-state index >= 15 is 0 Å². The van der Waals surface area contributed by atoms with Gasteiger partial charge in [0.2, 0.25) is 0 Å². The van der Waals surface area contributed by atoms with Crippen molar-refractivity contribution in [2.45, 2.75) is 53.1 Å². The number of nitrogens with zero attached hydrogens (tertiary/aromatic N) is 1. The van der Waals surface area contributed by atoms with Gasteiger partial charge in [-0.15, -0.1) is 0 Å². The lowest BCUT2D eigenvalue weighted by molar-refractivity contribution is 0.0944. The summed E-state index contributed by atoms with van der Waals surface area (Å²) < 4.78 is 5.42. The van der Waals surface area contributed by atoms with Gasteiger partial charge in [-0.1, -0.05) is 27.7 Å². The quantitative estimate of drug-likeness (QED) is 0.582. The van der Waals surface area contributed by atoms with Crippen LogP contribution in [0.2, 0.25) is 0 Å². The highest BCUT2D eigenvalue weighted by Crippen LogP contribution is 2.03. The molecule has 0 aliphatic carbocycles. The van der Waals surface area contributed by atoms with Crippen LogP contribution >= 0.6 is 0 Å². The average Bonchev–Trinajstić information content (AvgIpc) is 2.27. The Morgan fingerprint density at radius 1 is 1.19 bits per heavy atom. The summed E-state index contributed by atoms with van der Waals surface area (Å²) in [5, 5.41) is 3.52. The van der Waals surface area contributed by atoms with E-state index in [4.69, 9.17) is 4.74 Å². The fraction of sp³-hybridized carbons (Fsp3) is 1.00. The number of likely N-dealkylation sites (N-methyl/N-ethyl adjacent to an activating group) is 1. The zero-order valence-electron chi connectivity index (χ0n) is 11.8. The molecule has 3 nitrogen and oxygen atoms in total. The Bertz CT molecular complexity index is 151. The van der Waals surface area contributed by atoms with Gasteiger partial charge in [-0.25, -0.2) is 0 Å². The molecule has 16 heavy (non-hydrogen) atoms. The van der Waals surface area contributed by atoms with E-state index in [-0.39, 0.29) is 0 Å². The first-order valence-corrected chi connectivity index (χ1v) is 6.70. The molecule has 0 aliphatic heterocycles. The van der Waals surface area contributed by atoms with Crippen molar-refractivity contribution in [2.24, 2.45) is 0 Å². The second-order valence-corrected chi connectivity index (χ2v) is 4.45. The second kappa shape index (κ2) is 10.1. The van der Waals surface area contributed by atoms with Gasteiger partial charge in [0.25, 0.3) is 0 Å². The number of nitrogens with one attached hydrogen (secondary N) is 1. The zero-order chi connectivity index (χ0) is 12.4. The maximum absolute atomic E-state index is 5.42. The molecule has 0 aromatic heterocycles. The van der Waals surface area contributed by atoms with Crippen LogP contribution in [-0.2, 0) is 4.74 Å². The average molecular weight is 230 g/mol. The summed E-state index contributed by atoms with van der Waals surface area (Å²) in [6.07, 6.45) is 1.19. The van der Waals surface area contributed by atoms with Crippen LogP contribution in [0.4, 0.5) is 0 Å². The Balaban J connectivity index is 3.95. The van der Waals surface area contributed by atoms with Crippen LogP contribution < -0.4 is 5.32 Å². The molecule has 0 rings (SSSR count). The fourth-order valence-electron chi connectivity index (χ4n) is 1.83. The SMILES string of the molecule is CCOCCN(CC)C(CC)CNC(C)C. The molecule has 0 saturated heterocycles. The summed E-state index contributed by atoms with van der Waals surface area (Å²) in [6.45, 7) is 15.8. The van der Waals surface area contributed by atoms with Crippen molar-refractivity contribution in [1.29, 1.82) is 0 Å². The van der Waals surface area contributed by atoms with E-state index in [1.165, 1.54) is 6.42 Å². The molecule has 1 N–H and O–H groups in total. The van der Waals surface area contributed by atoms with Crippen molar-refractivity contribution in [3.05, 3.63) is 0 Å². The van der Waals surface area contributed by atoms with Gasteiger partial charge in [-0.3, -0.25) is 4.90 Å². The van der Waals surface area contributed by atoms with Gasteiger partial charge in [-0.05, 0) is 19.9 Å². The topological polar surface area (TPSA) is 24.5 Å². The van der Waals surface area contributed by atoms with E-state index in [1.807, 2.05) is 6.92 Å². The van der Waals surface area contributed by atoms with Gasteiger partial charge >= 0.3 is 0 Å². The summed E-state index contributed by atoms with van der Waals surface area (Å²) in [6, 6.07) is 1.20. The van der Waals surface area contributed by atoms with Crippen LogP contribution in [0, 0.1) is 0 Å². The molecule has 0 bridgehead atoms. The molecule has 0 radical (unpaired) electrons. The summed E-state index contributed by atoms with van der Waals surface area (Å²) in [5.41, 5.74) is 0. The lowest BCUT2D eigenvalue weighted by Gasteiger charge is -2.30. The molecule has 0 aromatic rings. The first kappa shape index (κ1) is 15.9. The summed E-state index contributed by atoms with van der Waals surface area (Å²) >= 11 is 0. The first-order valence-electron chi connectivity index (χ1n) is 6.70. The largest absolute Gasteiger partial charge is 0.380 e. The molecule has 3 heteroatoms. The molecule has 0 aliphatic rings. The van der Waals surface area contributed by atoms with Gasteiger partial charge < -0.3 is 10.1 Å².